The minimum Gasteiger partial charge on any atom is -0.354 e. The summed E-state index contributed by atoms with van der Waals surface area (Å²) in [5.74, 6) is 0.229. The SMILES string of the molecule is Cc1ccc(-c2cccc(C(=O)NC3CCN(Cc4ccc(N5CC(C)NC(C)C5)nc4)CC3)c2F)cc1. The van der Waals surface area contributed by atoms with Gasteiger partial charge >= 0.3 is 0 Å². The summed E-state index contributed by atoms with van der Waals surface area (Å²) in [7, 11) is 0. The highest BCUT2D eigenvalue weighted by atomic mass is 19.1. The number of halogens is 1. The molecule has 7 heteroatoms. The Kier molecular flexibility index (Phi) is 8.05. The number of aryl methyl sites for hydroxylation is 1. The molecule has 1 amide bonds. The van der Waals surface area contributed by atoms with Crippen molar-refractivity contribution < 1.29 is 9.18 Å². The van der Waals surface area contributed by atoms with E-state index >= 15 is 4.39 Å². The quantitative estimate of drug-likeness (QED) is 0.495. The van der Waals surface area contributed by atoms with Crippen LogP contribution < -0.4 is 15.5 Å². The first-order valence-electron chi connectivity index (χ1n) is 13.7. The van der Waals surface area contributed by atoms with Gasteiger partial charge in [-0.05, 0) is 56.9 Å². The number of aromatic nitrogens is 1. The number of likely N-dealkylation sites (tertiary alicyclic amines) is 1. The lowest BCUT2D eigenvalue weighted by Crippen LogP contribution is -2.54. The van der Waals surface area contributed by atoms with Gasteiger partial charge < -0.3 is 15.5 Å². The van der Waals surface area contributed by atoms with Crippen molar-refractivity contribution >= 4 is 11.7 Å². The zero-order chi connectivity index (χ0) is 26.6. The molecule has 1 aromatic heterocycles. The van der Waals surface area contributed by atoms with E-state index in [2.05, 4.69) is 46.4 Å². The second-order valence-electron chi connectivity index (χ2n) is 11.0. The number of amides is 1. The van der Waals surface area contributed by atoms with Gasteiger partial charge in [0.25, 0.3) is 5.91 Å². The van der Waals surface area contributed by atoms with Crippen LogP contribution in [0.3, 0.4) is 0 Å². The first-order chi connectivity index (χ1) is 18.4. The summed E-state index contributed by atoms with van der Waals surface area (Å²) in [6, 6.07) is 18.0. The van der Waals surface area contributed by atoms with Gasteiger partial charge in [0.15, 0.2) is 0 Å². The third kappa shape index (κ3) is 6.22. The molecule has 0 radical (unpaired) electrons. The molecule has 3 aromatic rings. The van der Waals surface area contributed by atoms with E-state index in [1.54, 1.807) is 18.2 Å². The Bertz CT molecular complexity index is 1230. The molecule has 200 valence electrons. The Morgan fingerprint density at radius 2 is 1.74 bits per heavy atom. The van der Waals surface area contributed by atoms with E-state index in [0.29, 0.717) is 17.6 Å². The Morgan fingerprint density at radius 1 is 1.03 bits per heavy atom. The Hall–Kier alpha value is -3.29. The summed E-state index contributed by atoms with van der Waals surface area (Å²) in [4.78, 5) is 22.5. The minimum atomic E-state index is -0.466. The number of nitrogens with zero attached hydrogens (tertiary/aromatic N) is 3. The van der Waals surface area contributed by atoms with Crippen molar-refractivity contribution in [3.8, 4) is 11.1 Å². The van der Waals surface area contributed by atoms with Crippen LogP contribution in [-0.4, -0.2) is 60.1 Å². The van der Waals surface area contributed by atoms with Crippen molar-refractivity contribution in [3.63, 3.8) is 0 Å². The van der Waals surface area contributed by atoms with Crippen LogP contribution >= 0.6 is 0 Å². The molecule has 0 bridgehead atoms. The van der Waals surface area contributed by atoms with Crippen LogP contribution in [0.25, 0.3) is 11.1 Å². The van der Waals surface area contributed by atoms with Crippen LogP contribution in [0.5, 0.6) is 0 Å². The van der Waals surface area contributed by atoms with Gasteiger partial charge in [-0.25, -0.2) is 9.37 Å². The van der Waals surface area contributed by atoms with E-state index in [1.807, 2.05) is 37.4 Å². The summed E-state index contributed by atoms with van der Waals surface area (Å²) < 4.78 is 15.3. The van der Waals surface area contributed by atoms with E-state index in [-0.39, 0.29) is 17.5 Å². The molecule has 2 aliphatic heterocycles. The lowest BCUT2D eigenvalue weighted by Gasteiger charge is -2.37. The highest BCUT2D eigenvalue weighted by Crippen LogP contribution is 2.26. The largest absolute Gasteiger partial charge is 0.354 e. The van der Waals surface area contributed by atoms with Gasteiger partial charge in [0, 0.05) is 62.6 Å². The number of rotatable bonds is 6. The number of carbonyl (C=O) groups is 1. The lowest BCUT2D eigenvalue weighted by atomic mass is 9.99. The average molecular weight is 516 g/mol. The van der Waals surface area contributed by atoms with E-state index in [9.17, 15) is 4.79 Å². The number of piperidine rings is 1. The molecule has 5 rings (SSSR count). The molecule has 0 aliphatic carbocycles. The van der Waals surface area contributed by atoms with Gasteiger partial charge in [0.05, 0.1) is 5.56 Å². The molecule has 2 N–H and O–H groups in total. The number of hydrogen-bond donors (Lipinski definition) is 2. The first kappa shape index (κ1) is 26.3. The zero-order valence-electron chi connectivity index (χ0n) is 22.6. The Balaban J connectivity index is 1.13. The molecule has 2 saturated heterocycles. The minimum absolute atomic E-state index is 0.0402. The van der Waals surface area contributed by atoms with Crippen molar-refractivity contribution in [1.29, 1.82) is 0 Å². The second-order valence-corrected chi connectivity index (χ2v) is 11.0. The molecule has 2 fully saturated rings. The number of carbonyl (C=O) groups excluding carboxylic acids is 1. The summed E-state index contributed by atoms with van der Waals surface area (Å²) in [5.41, 5.74) is 3.64. The van der Waals surface area contributed by atoms with Gasteiger partial charge in [-0.1, -0.05) is 48.0 Å². The smallest absolute Gasteiger partial charge is 0.254 e. The number of nitrogens with one attached hydrogen (secondary N) is 2. The number of benzene rings is 2. The molecule has 2 atom stereocenters. The van der Waals surface area contributed by atoms with Crippen LogP contribution in [-0.2, 0) is 6.54 Å². The van der Waals surface area contributed by atoms with E-state index < -0.39 is 5.82 Å². The molecule has 6 nitrogen and oxygen atoms in total. The highest BCUT2D eigenvalue weighted by Gasteiger charge is 2.24. The summed E-state index contributed by atoms with van der Waals surface area (Å²) in [6.07, 6.45) is 3.67. The van der Waals surface area contributed by atoms with Gasteiger partial charge in [-0.15, -0.1) is 0 Å². The third-order valence-electron chi connectivity index (χ3n) is 7.63. The van der Waals surface area contributed by atoms with E-state index in [1.165, 1.54) is 5.56 Å². The maximum atomic E-state index is 15.3. The fraction of sp³-hybridized carbons (Fsp3) is 0.419. The van der Waals surface area contributed by atoms with E-state index in [0.717, 1.165) is 62.5 Å². The Morgan fingerprint density at radius 3 is 2.39 bits per heavy atom. The number of anilines is 1. The highest BCUT2D eigenvalue weighted by molar-refractivity contribution is 5.96. The standard InChI is InChI=1S/C31H38FN5O/c1-21-7-10-25(11-8-21)27-5-4-6-28(30(27)32)31(38)35-26-13-15-36(16-14-26)20-24-9-12-29(33-17-24)37-18-22(2)34-23(3)19-37/h4-12,17,22-23,26,34H,13-16,18-20H2,1-3H3,(H,35,38). The summed E-state index contributed by atoms with van der Waals surface area (Å²) >= 11 is 0. The summed E-state index contributed by atoms with van der Waals surface area (Å²) in [6.45, 7) is 11.0. The molecule has 0 saturated carbocycles. The maximum absolute atomic E-state index is 15.3. The first-order valence-corrected chi connectivity index (χ1v) is 13.7. The topological polar surface area (TPSA) is 60.5 Å². The fourth-order valence-electron chi connectivity index (χ4n) is 5.63. The van der Waals surface area contributed by atoms with Crippen molar-refractivity contribution in [3.05, 3.63) is 83.3 Å². The molecule has 2 unspecified atom stereocenters. The van der Waals surface area contributed by atoms with Crippen LogP contribution in [0.15, 0.2) is 60.8 Å². The zero-order valence-corrected chi connectivity index (χ0v) is 22.6. The predicted molar refractivity (Wildman–Crippen MR) is 151 cm³/mol. The predicted octanol–water partition coefficient (Wildman–Crippen LogP) is 4.78. The van der Waals surface area contributed by atoms with Gasteiger partial charge in [0.1, 0.15) is 11.6 Å². The number of pyridine rings is 1. The van der Waals surface area contributed by atoms with Gasteiger partial charge in [-0.2, -0.15) is 0 Å². The Labute approximate surface area is 225 Å². The monoisotopic (exact) mass is 515 g/mol. The molecular formula is C31H38FN5O. The maximum Gasteiger partial charge on any atom is 0.254 e. The summed E-state index contributed by atoms with van der Waals surface area (Å²) in [5, 5.41) is 6.63. The van der Waals surface area contributed by atoms with Gasteiger partial charge in [-0.3, -0.25) is 9.69 Å². The van der Waals surface area contributed by atoms with Crippen molar-refractivity contribution in [1.82, 2.24) is 20.5 Å². The average Bonchev–Trinajstić information content (AvgIpc) is 2.90. The molecule has 2 aliphatic rings. The fourth-order valence-corrected chi connectivity index (χ4v) is 5.63. The van der Waals surface area contributed by atoms with E-state index in [4.69, 9.17) is 4.98 Å². The number of hydrogen-bond acceptors (Lipinski definition) is 5. The molecule has 2 aromatic carbocycles. The van der Waals surface area contributed by atoms with Crippen molar-refractivity contribution in [2.24, 2.45) is 0 Å². The third-order valence-corrected chi connectivity index (χ3v) is 7.63. The normalized spacial score (nSPS) is 20.9. The van der Waals surface area contributed by atoms with Crippen molar-refractivity contribution in [2.75, 3.05) is 31.1 Å². The molecule has 3 heterocycles. The van der Waals surface area contributed by atoms with Crippen LogP contribution in [0.1, 0.15) is 48.2 Å². The lowest BCUT2D eigenvalue weighted by molar-refractivity contribution is 0.0905. The molecule has 38 heavy (non-hydrogen) atoms. The van der Waals surface area contributed by atoms with Crippen molar-refractivity contribution in [2.45, 2.75) is 58.3 Å². The van der Waals surface area contributed by atoms with Crippen LogP contribution in [0, 0.1) is 12.7 Å². The molecular weight excluding hydrogens is 477 g/mol. The molecule has 0 spiro atoms. The second kappa shape index (κ2) is 11.6. The van der Waals surface area contributed by atoms with Crippen LogP contribution in [0.2, 0.25) is 0 Å². The number of piperazine rings is 1. The van der Waals surface area contributed by atoms with Gasteiger partial charge in [0.2, 0.25) is 0 Å². The van der Waals surface area contributed by atoms with Crippen LogP contribution in [0.4, 0.5) is 10.2 Å².